The summed E-state index contributed by atoms with van der Waals surface area (Å²) in [5.74, 6) is 0. The van der Waals surface area contributed by atoms with E-state index in [9.17, 15) is 15.3 Å². The molecule has 0 saturated carbocycles. The number of hydrogen-bond donors (Lipinski definition) is 3. The molecule has 1 aliphatic heterocycles. The first-order valence-corrected chi connectivity index (χ1v) is 7.39. The number of aliphatic hydroxyl groups is 3. The van der Waals surface area contributed by atoms with Crippen molar-refractivity contribution in [2.45, 2.75) is 83.1 Å². The van der Waals surface area contributed by atoms with Crippen molar-refractivity contribution in [1.29, 1.82) is 0 Å². The fourth-order valence-electron chi connectivity index (χ4n) is 2.29. The Hall–Kier alpha value is -0.200. The molecule has 0 radical (unpaired) electrons. The zero-order chi connectivity index (χ0) is 14.3. The highest BCUT2D eigenvalue weighted by Gasteiger charge is 2.45. The predicted octanol–water partition coefficient (Wildman–Crippen LogP) is 1.19. The lowest BCUT2D eigenvalue weighted by molar-refractivity contribution is -0.176. The second-order valence-corrected chi connectivity index (χ2v) is 5.33. The number of rotatable bonds is 9. The third-order valence-corrected chi connectivity index (χ3v) is 3.51. The minimum Gasteiger partial charge on any atom is -0.391 e. The summed E-state index contributed by atoms with van der Waals surface area (Å²) in [5.41, 5.74) is 0. The third kappa shape index (κ3) is 5.36. The smallest absolute Gasteiger partial charge is 0.186 e. The molecule has 0 aliphatic carbocycles. The first kappa shape index (κ1) is 16.9. The Morgan fingerprint density at radius 3 is 2.26 bits per heavy atom. The number of hydrogen-bond acceptors (Lipinski definition) is 5. The Balaban J connectivity index is 2.13. The third-order valence-electron chi connectivity index (χ3n) is 3.51. The van der Waals surface area contributed by atoms with E-state index in [1.807, 2.05) is 0 Å². The van der Waals surface area contributed by atoms with E-state index in [-0.39, 0.29) is 0 Å². The van der Waals surface area contributed by atoms with Crippen molar-refractivity contribution in [2.24, 2.45) is 0 Å². The van der Waals surface area contributed by atoms with Crippen LogP contribution in [0.25, 0.3) is 0 Å². The topological polar surface area (TPSA) is 79.2 Å². The summed E-state index contributed by atoms with van der Waals surface area (Å²) in [6.07, 6.45) is 2.38. The average molecular weight is 276 g/mol. The molecular weight excluding hydrogens is 248 g/mol. The number of unbranched alkanes of at least 4 members (excludes halogenated alkanes) is 5. The van der Waals surface area contributed by atoms with Crippen molar-refractivity contribution in [3.63, 3.8) is 0 Å². The first-order chi connectivity index (χ1) is 9.07. The van der Waals surface area contributed by atoms with Crippen molar-refractivity contribution in [3.05, 3.63) is 0 Å². The van der Waals surface area contributed by atoms with E-state index in [1.54, 1.807) is 0 Å². The molecule has 1 saturated heterocycles. The fourth-order valence-corrected chi connectivity index (χ4v) is 2.29. The van der Waals surface area contributed by atoms with Crippen LogP contribution in [0.15, 0.2) is 0 Å². The van der Waals surface area contributed by atoms with Gasteiger partial charge in [-0.25, -0.2) is 0 Å². The molecule has 1 fully saturated rings. The van der Waals surface area contributed by atoms with Crippen LogP contribution in [0.3, 0.4) is 0 Å². The van der Waals surface area contributed by atoms with E-state index in [4.69, 9.17) is 9.47 Å². The lowest BCUT2D eigenvalue weighted by Gasteiger charge is -2.16. The van der Waals surface area contributed by atoms with Crippen molar-refractivity contribution in [3.8, 4) is 0 Å². The molecule has 0 amide bonds. The largest absolute Gasteiger partial charge is 0.391 e. The second kappa shape index (κ2) is 8.87. The van der Waals surface area contributed by atoms with Crippen LogP contribution in [-0.4, -0.2) is 52.6 Å². The molecule has 19 heavy (non-hydrogen) atoms. The molecule has 5 atom stereocenters. The van der Waals surface area contributed by atoms with Crippen molar-refractivity contribution >= 4 is 0 Å². The van der Waals surface area contributed by atoms with Crippen LogP contribution < -0.4 is 0 Å². The molecule has 0 aromatic carbocycles. The fraction of sp³-hybridized carbons (Fsp3) is 1.00. The normalized spacial score (nSPS) is 32.7. The number of ether oxygens (including phenoxy) is 2. The van der Waals surface area contributed by atoms with Gasteiger partial charge in [0.2, 0.25) is 0 Å². The molecule has 0 spiro atoms. The van der Waals surface area contributed by atoms with Crippen molar-refractivity contribution in [2.75, 3.05) is 6.61 Å². The minimum absolute atomic E-state index is 0.507. The Bertz CT molecular complexity index is 234. The summed E-state index contributed by atoms with van der Waals surface area (Å²) in [6, 6.07) is 0. The second-order valence-electron chi connectivity index (χ2n) is 5.33. The van der Waals surface area contributed by atoms with Gasteiger partial charge >= 0.3 is 0 Å². The standard InChI is InChI=1S/C14H28O5/c1-3-4-5-6-7-8-9-18-14-12(17)11(16)13(19-14)10(2)15/h10-17H,3-9H2,1-2H3/t10-,11?,12?,13+,14+/m0/s1. The van der Waals surface area contributed by atoms with Gasteiger partial charge in [-0.15, -0.1) is 0 Å². The van der Waals surface area contributed by atoms with Gasteiger partial charge < -0.3 is 24.8 Å². The van der Waals surface area contributed by atoms with Gasteiger partial charge in [0.1, 0.15) is 18.3 Å². The lowest BCUT2D eigenvalue weighted by Crippen LogP contribution is -2.37. The Morgan fingerprint density at radius 2 is 1.68 bits per heavy atom. The molecule has 1 aliphatic rings. The molecule has 0 aromatic rings. The highest BCUT2D eigenvalue weighted by molar-refractivity contribution is 4.89. The summed E-state index contributed by atoms with van der Waals surface area (Å²) in [7, 11) is 0. The van der Waals surface area contributed by atoms with Gasteiger partial charge in [-0.2, -0.15) is 0 Å². The Labute approximate surface area is 115 Å². The molecule has 1 rings (SSSR count). The van der Waals surface area contributed by atoms with Crippen LogP contribution in [0.2, 0.25) is 0 Å². The summed E-state index contributed by atoms with van der Waals surface area (Å²) in [6.45, 7) is 4.22. The maximum absolute atomic E-state index is 9.74. The van der Waals surface area contributed by atoms with Gasteiger partial charge in [0, 0.05) is 6.61 Å². The monoisotopic (exact) mass is 276 g/mol. The van der Waals surface area contributed by atoms with Gasteiger partial charge in [0.25, 0.3) is 0 Å². The van der Waals surface area contributed by atoms with Gasteiger partial charge in [-0.05, 0) is 13.3 Å². The summed E-state index contributed by atoms with van der Waals surface area (Å²) in [4.78, 5) is 0. The Morgan fingerprint density at radius 1 is 1.05 bits per heavy atom. The molecule has 5 heteroatoms. The van der Waals surface area contributed by atoms with Crippen LogP contribution in [0.5, 0.6) is 0 Å². The highest BCUT2D eigenvalue weighted by atomic mass is 16.7. The first-order valence-electron chi connectivity index (χ1n) is 7.39. The van der Waals surface area contributed by atoms with Crippen LogP contribution in [0, 0.1) is 0 Å². The van der Waals surface area contributed by atoms with Crippen molar-refractivity contribution in [1.82, 2.24) is 0 Å². The molecule has 5 nitrogen and oxygen atoms in total. The molecule has 114 valence electrons. The van der Waals surface area contributed by atoms with E-state index in [0.717, 1.165) is 12.8 Å². The minimum atomic E-state index is -1.09. The van der Waals surface area contributed by atoms with E-state index in [2.05, 4.69) is 6.92 Å². The van der Waals surface area contributed by atoms with Gasteiger partial charge in [-0.1, -0.05) is 39.0 Å². The SMILES string of the molecule is CCCCCCCCO[C@@H]1O[C@H]([C@H](C)O)C(O)C1O. The van der Waals surface area contributed by atoms with E-state index in [1.165, 1.54) is 32.6 Å². The van der Waals surface area contributed by atoms with Gasteiger partial charge in [-0.3, -0.25) is 0 Å². The van der Waals surface area contributed by atoms with Crippen LogP contribution in [-0.2, 0) is 9.47 Å². The lowest BCUT2D eigenvalue weighted by atomic mass is 10.1. The average Bonchev–Trinajstić information content (AvgIpc) is 2.66. The molecular formula is C14H28O5. The zero-order valence-electron chi connectivity index (χ0n) is 12.0. The number of aliphatic hydroxyl groups excluding tert-OH is 3. The quantitative estimate of drug-likeness (QED) is 0.551. The zero-order valence-corrected chi connectivity index (χ0v) is 12.0. The van der Waals surface area contributed by atoms with Crippen molar-refractivity contribution < 1.29 is 24.8 Å². The van der Waals surface area contributed by atoms with Gasteiger partial charge in [0.15, 0.2) is 6.29 Å². The van der Waals surface area contributed by atoms with Gasteiger partial charge in [0.05, 0.1) is 6.10 Å². The summed E-state index contributed by atoms with van der Waals surface area (Å²) in [5, 5.41) is 28.8. The molecule has 0 bridgehead atoms. The molecule has 1 heterocycles. The highest BCUT2D eigenvalue weighted by Crippen LogP contribution is 2.24. The predicted molar refractivity (Wildman–Crippen MR) is 71.7 cm³/mol. The van der Waals surface area contributed by atoms with Crippen LogP contribution >= 0.6 is 0 Å². The van der Waals surface area contributed by atoms with E-state index < -0.39 is 30.7 Å². The maximum Gasteiger partial charge on any atom is 0.186 e. The molecule has 3 N–H and O–H groups in total. The maximum atomic E-state index is 9.74. The van der Waals surface area contributed by atoms with E-state index in [0.29, 0.717) is 6.61 Å². The summed E-state index contributed by atoms with van der Waals surface area (Å²) < 4.78 is 10.7. The van der Waals surface area contributed by atoms with E-state index >= 15 is 0 Å². The van der Waals surface area contributed by atoms with Crippen LogP contribution in [0.4, 0.5) is 0 Å². The van der Waals surface area contributed by atoms with Crippen LogP contribution in [0.1, 0.15) is 52.4 Å². The summed E-state index contributed by atoms with van der Waals surface area (Å²) >= 11 is 0. The molecule has 2 unspecified atom stereocenters. The molecule has 0 aromatic heterocycles. The Kier molecular flexibility index (Phi) is 7.87.